The van der Waals surface area contributed by atoms with Gasteiger partial charge in [0.15, 0.2) is 0 Å². The van der Waals surface area contributed by atoms with Crippen LogP contribution in [0.5, 0.6) is 0 Å². The Labute approximate surface area is 74.9 Å². The molecule has 64 valence electrons. The molecule has 2 heteroatoms. The summed E-state index contributed by atoms with van der Waals surface area (Å²) in [4.78, 5) is 0. The van der Waals surface area contributed by atoms with E-state index in [4.69, 9.17) is 23.2 Å². The van der Waals surface area contributed by atoms with Crippen LogP contribution >= 0.6 is 23.2 Å². The first kappa shape index (κ1) is 13.2. The summed E-state index contributed by atoms with van der Waals surface area (Å²) in [6, 6.07) is 0. The van der Waals surface area contributed by atoms with E-state index in [1.54, 1.807) is 0 Å². The lowest BCUT2D eigenvalue weighted by molar-refractivity contribution is 0.745. The lowest BCUT2D eigenvalue weighted by atomic mass is 10.3. The number of hydrogen-bond donors (Lipinski definition) is 0. The highest BCUT2D eigenvalue weighted by molar-refractivity contribution is 6.18. The van der Waals surface area contributed by atoms with Crippen molar-refractivity contribution in [2.45, 2.75) is 33.6 Å². The molecule has 0 nitrogen and oxygen atoms in total. The Hall–Kier alpha value is 0.580. The molecule has 0 atom stereocenters. The van der Waals surface area contributed by atoms with Crippen molar-refractivity contribution in [2.24, 2.45) is 5.92 Å². The molecule has 0 amide bonds. The van der Waals surface area contributed by atoms with Gasteiger partial charge in [0.2, 0.25) is 0 Å². The molecule has 0 unspecified atom stereocenters. The summed E-state index contributed by atoms with van der Waals surface area (Å²) in [5.74, 6) is 2.24. The topological polar surface area (TPSA) is 0 Å². The molecule has 0 aliphatic rings. The highest BCUT2D eigenvalue weighted by Gasteiger charge is 1.82. The van der Waals surface area contributed by atoms with E-state index in [1.165, 1.54) is 6.42 Å². The van der Waals surface area contributed by atoms with Gasteiger partial charge in [0.25, 0.3) is 0 Å². The number of alkyl halides is 2. The first-order valence-electron chi connectivity index (χ1n) is 3.80. The highest BCUT2D eigenvalue weighted by Crippen LogP contribution is 1.91. The molecule has 0 aliphatic heterocycles. The van der Waals surface area contributed by atoms with Crippen molar-refractivity contribution in [3.8, 4) is 0 Å². The van der Waals surface area contributed by atoms with Crippen LogP contribution in [-0.2, 0) is 0 Å². The molecule has 0 aromatic rings. The van der Waals surface area contributed by atoms with E-state index in [9.17, 15) is 0 Å². The average Bonchev–Trinajstić information content (AvgIpc) is 1.91. The largest absolute Gasteiger partial charge is 0.127 e. The third kappa shape index (κ3) is 23.5. The summed E-state index contributed by atoms with van der Waals surface area (Å²) < 4.78 is 0. The molecule has 0 radical (unpaired) electrons. The van der Waals surface area contributed by atoms with Crippen LogP contribution in [0.3, 0.4) is 0 Å². The fourth-order valence-corrected chi connectivity index (χ4v) is 0.401. The van der Waals surface area contributed by atoms with Gasteiger partial charge in [-0.1, -0.05) is 27.2 Å². The zero-order chi connectivity index (χ0) is 8.41. The number of hydrogen-bond acceptors (Lipinski definition) is 0. The molecule has 0 N–H and O–H groups in total. The van der Waals surface area contributed by atoms with Crippen LogP contribution in [0.25, 0.3) is 0 Å². The Kier molecular flexibility index (Phi) is 16.2. The average molecular weight is 185 g/mol. The Morgan fingerprint density at radius 1 is 1.20 bits per heavy atom. The molecule has 0 bridgehead atoms. The first-order chi connectivity index (χ1) is 4.68. The van der Waals surface area contributed by atoms with Gasteiger partial charge in [-0.2, -0.15) is 0 Å². The van der Waals surface area contributed by atoms with Crippen LogP contribution in [0.15, 0.2) is 0 Å². The van der Waals surface area contributed by atoms with Gasteiger partial charge in [0.05, 0.1) is 0 Å². The Bertz CT molecular complexity index is 42.5. The standard InChI is InChI=1S/2C4H9Cl/c1-4(2)3-5;1-2-3-4-5/h4H,3H2,1-2H3;2-4H2,1H3. The van der Waals surface area contributed by atoms with E-state index >= 15 is 0 Å². The van der Waals surface area contributed by atoms with Crippen molar-refractivity contribution in [3.05, 3.63) is 0 Å². The maximum atomic E-state index is 5.34. The molecule has 0 aliphatic carbocycles. The number of halogens is 2. The summed E-state index contributed by atoms with van der Waals surface area (Å²) in [6.45, 7) is 6.31. The van der Waals surface area contributed by atoms with Crippen LogP contribution in [0.2, 0.25) is 0 Å². The number of rotatable bonds is 3. The third-order valence-electron chi connectivity index (χ3n) is 0.796. The van der Waals surface area contributed by atoms with Crippen molar-refractivity contribution in [3.63, 3.8) is 0 Å². The van der Waals surface area contributed by atoms with E-state index in [0.29, 0.717) is 5.92 Å². The molecular weight excluding hydrogens is 167 g/mol. The van der Waals surface area contributed by atoms with Crippen LogP contribution < -0.4 is 0 Å². The van der Waals surface area contributed by atoms with Crippen LogP contribution in [0.1, 0.15) is 33.6 Å². The van der Waals surface area contributed by atoms with E-state index in [1.807, 2.05) is 0 Å². The van der Waals surface area contributed by atoms with Gasteiger partial charge in [0, 0.05) is 11.8 Å². The molecule has 0 saturated carbocycles. The van der Waals surface area contributed by atoms with Crippen LogP contribution in [0.4, 0.5) is 0 Å². The second kappa shape index (κ2) is 12.3. The third-order valence-corrected chi connectivity index (χ3v) is 1.68. The normalized spacial score (nSPS) is 9.00. The van der Waals surface area contributed by atoms with Gasteiger partial charge < -0.3 is 0 Å². The molecular formula is C8H18Cl2. The van der Waals surface area contributed by atoms with Gasteiger partial charge in [-0.15, -0.1) is 23.2 Å². The zero-order valence-electron chi connectivity index (χ0n) is 7.16. The molecule has 0 saturated heterocycles. The fourth-order valence-electron chi connectivity index (χ4n) is 0.134. The quantitative estimate of drug-likeness (QED) is 0.585. The molecule has 0 aromatic carbocycles. The van der Waals surface area contributed by atoms with E-state index in [0.717, 1.165) is 18.2 Å². The molecule has 0 spiro atoms. The molecule has 0 fully saturated rings. The molecule has 0 aromatic heterocycles. The van der Waals surface area contributed by atoms with Gasteiger partial charge in [-0.25, -0.2) is 0 Å². The van der Waals surface area contributed by atoms with Gasteiger partial charge >= 0.3 is 0 Å². The van der Waals surface area contributed by atoms with Crippen molar-refractivity contribution in [1.82, 2.24) is 0 Å². The zero-order valence-corrected chi connectivity index (χ0v) is 8.67. The van der Waals surface area contributed by atoms with Crippen molar-refractivity contribution in [1.29, 1.82) is 0 Å². The summed E-state index contributed by atoms with van der Waals surface area (Å²) in [5.41, 5.74) is 0. The van der Waals surface area contributed by atoms with E-state index in [2.05, 4.69) is 20.8 Å². The Balaban J connectivity index is 0. The van der Waals surface area contributed by atoms with Gasteiger partial charge in [-0.3, -0.25) is 0 Å². The summed E-state index contributed by atoms with van der Waals surface area (Å²) in [6.07, 6.45) is 2.37. The lowest BCUT2D eigenvalue weighted by Gasteiger charge is -1.88. The van der Waals surface area contributed by atoms with Crippen molar-refractivity contribution < 1.29 is 0 Å². The van der Waals surface area contributed by atoms with Crippen molar-refractivity contribution >= 4 is 23.2 Å². The minimum absolute atomic E-state index is 0.650. The summed E-state index contributed by atoms with van der Waals surface area (Å²) >= 11 is 10.6. The SMILES string of the molecule is CC(C)CCl.CCCCCl. The fraction of sp³-hybridized carbons (Fsp3) is 1.00. The highest BCUT2D eigenvalue weighted by atomic mass is 35.5. The molecule has 10 heavy (non-hydrogen) atoms. The van der Waals surface area contributed by atoms with Gasteiger partial charge in [-0.05, 0) is 12.3 Å². The number of unbranched alkanes of at least 4 members (excludes halogenated alkanes) is 1. The molecule has 0 rings (SSSR count). The monoisotopic (exact) mass is 184 g/mol. The maximum Gasteiger partial charge on any atom is 0.0246 e. The second-order valence-corrected chi connectivity index (χ2v) is 3.28. The Morgan fingerprint density at radius 3 is 1.60 bits per heavy atom. The van der Waals surface area contributed by atoms with Crippen LogP contribution in [0, 0.1) is 5.92 Å². The summed E-state index contributed by atoms with van der Waals surface area (Å²) in [5, 5.41) is 0. The summed E-state index contributed by atoms with van der Waals surface area (Å²) in [7, 11) is 0. The Morgan fingerprint density at radius 2 is 1.60 bits per heavy atom. The van der Waals surface area contributed by atoms with E-state index < -0.39 is 0 Å². The van der Waals surface area contributed by atoms with Gasteiger partial charge in [0.1, 0.15) is 0 Å². The van der Waals surface area contributed by atoms with Crippen molar-refractivity contribution in [2.75, 3.05) is 11.8 Å². The predicted octanol–water partition coefficient (Wildman–Crippen LogP) is 3.91. The maximum absolute atomic E-state index is 5.34. The predicted molar refractivity (Wildman–Crippen MR) is 51.2 cm³/mol. The minimum atomic E-state index is 0.650. The molecule has 0 heterocycles. The first-order valence-corrected chi connectivity index (χ1v) is 4.87. The smallest absolute Gasteiger partial charge is 0.0246 e. The lowest BCUT2D eigenvalue weighted by Crippen LogP contribution is -1.83. The second-order valence-electron chi connectivity index (χ2n) is 2.59. The minimum Gasteiger partial charge on any atom is -0.127 e. The van der Waals surface area contributed by atoms with E-state index in [-0.39, 0.29) is 0 Å². The van der Waals surface area contributed by atoms with Crippen LogP contribution in [-0.4, -0.2) is 11.8 Å².